The minimum atomic E-state index is -0.985. The van der Waals surface area contributed by atoms with Gasteiger partial charge >= 0.3 is 5.97 Å². The number of ether oxygens (including phenoxy) is 1. The van der Waals surface area contributed by atoms with Gasteiger partial charge in [-0.3, -0.25) is 9.78 Å². The molecular weight excluding hydrogens is 354 g/mol. The Balaban J connectivity index is 1.75. The van der Waals surface area contributed by atoms with Crippen molar-refractivity contribution in [1.29, 1.82) is 0 Å². The lowest BCUT2D eigenvalue weighted by atomic mass is 10.1. The third-order valence-electron chi connectivity index (χ3n) is 3.72. The number of esters is 1. The van der Waals surface area contributed by atoms with Gasteiger partial charge < -0.3 is 10.1 Å². The van der Waals surface area contributed by atoms with E-state index in [2.05, 4.69) is 15.3 Å². The molecule has 0 saturated carbocycles. The van der Waals surface area contributed by atoms with E-state index in [4.69, 9.17) is 16.3 Å². The van der Waals surface area contributed by atoms with E-state index in [0.717, 1.165) is 16.6 Å². The molecule has 1 atom stereocenters. The van der Waals surface area contributed by atoms with Gasteiger partial charge in [-0.25, -0.2) is 9.78 Å². The molecule has 7 heteroatoms. The molecule has 3 aromatic rings. The van der Waals surface area contributed by atoms with Gasteiger partial charge in [0.25, 0.3) is 5.91 Å². The topological polar surface area (TPSA) is 81.2 Å². The monoisotopic (exact) mass is 369 g/mol. The number of hydrogen-bond donors (Lipinski definition) is 1. The van der Waals surface area contributed by atoms with Crippen LogP contribution in [0.1, 0.15) is 23.0 Å². The number of halogens is 1. The minimum absolute atomic E-state index is 0.176. The van der Waals surface area contributed by atoms with Crippen molar-refractivity contribution in [3.63, 3.8) is 0 Å². The van der Waals surface area contributed by atoms with Crippen LogP contribution in [-0.2, 0) is 9.53 Å². The number of carbonyl (C=O) groups excluding carboxylic acids is 2. The fourth-order valence-corrected chi connectivity index (χ4v) is 2.63. The minimum Gasteiger partial charge on any atom is -0.449 e. The number of para-hydroxylation sites is 1. The normalized spacial score (nSPS) is 11.8. The molecule has 0 saturated heterocycles. The molecular formula is C19H16ClN3O3. The molecule has 6 nitrogen and oxygen atoms in total. The van der Waals surface area contributed by atoms with Crippen molar-refractivity contribution in [1.82, 2.24) is 9.97 Å². The van der Waals surface area contributed by atoms with Gasteiger partial charge in [0.15, 0.2) is 6.10 Å². The fraction of sp³-hybridized carbons (Fsp3) is 0.158. The Morgan fingerprint density at radius 2 is 1.96 bits per heavy atom. The number of nitrogens with zero attached hydrogens (tertiary/aromatic N) is 2. The van der Waals surface area contributed by atoms with Gasteiger partial charge in [-0.2, -0.15) is 0 Å². The van der Waals surface area contributed by atoms with E-state index in [9.17, 15) is 9.59 Å². The second-order valence-electron chi connectivity index (χ2n) is 5.73. The van der Waals surface area contributed by atoms with E-state index in [-0.39, 0.29) is 10.7 Å². The number of anilines is 1. The molecule has 0 aliphatic rings. The van der Waals surface area contributed by atoms with Crippen molar-refractivity contribution >= 4 is 40.1 Å². The summed E-state index contributed by atoms with van der Waals surface area (Å²) in [4.78, 5) is 32.8. The van der Waals surface area contributed by atoms with E-state index in [1.807, 2.05) is 31.2 Å². The van der Waals surface area contributed by atoms with Crippen LogP contribution in [0.2, 0.25) is 5.15 Å². The van der Waals surface area contributed by atoms with Crippen LogP contribution in [0.25, 0.3) is 10.9 Å². The number of hydrogen-bond acceptors (Lipinski definition) is 5. The van der Waals surface area contributed by atoms with Crippen molar-refractivity contribution in [3.8, 4) is 0 Å². The molecule has 1 N–H and O–H groups in total. The van der Waals surface area contributed by atoms with E-state index < -0.39 is 18.0 Å². The zero-order chi connectivity index (χ0) is 18.7. The van der Waals surface area contributed by atoms with Gasteiger partial charge in [-0.05, 0) is 38.1 Å². The van der Waals surface area contributed by atoms with Crippen LogP contribution in [0.5, 0.6) is 0 Å². The Morgan fingerprint density at radius 3 is 2.73 bits per heavy atom. The van der Waals surface area contributed by atoms with E-state index in [1.165, 1.54) is 25.3 Å². The second kappa shape index (κ2) is 7.49. The van der Waals surface area contributed by atoms with Crippen molar-refractivity contribution in [3.05, 3.63) is 65.1 Å². The van der Waals surface area contributed by atoms with Crippen LogP contribution in [0, 0.1) is 6.92 Å². The quantitative estimate of drug-likeness (QED) is 0.559. The first-order valence-corrected chi connectivity index (χ1v) is 8.31. The van der Waals surface area contributed by atoms with Gasteiger partial charge in [-0.1, -0.05) is 29.8 Å². The molecule has 1 aromatic carbocycles. The molecule has 0 fully saturated rings. The summed E-state index contributed by atoms with van der Waals surface area (Å²) in [5.41, 5.74) is 2.40. The summed E-state index contributed by atoms with van der Waals surface area (Å²) in [6.07, 6.45) is 0.414. The third kappa shape index (κ3) is 3.97. The molecule has 0 radical (unpaired) electrons. The zero-order valence-electron chi connectivity index (χ0n) is 14.2. The summed E-state index contributed by atoms with van der Waals surface area (Å²) < 4.78 is 5.21. The largest absolute Gasteiger partial charge is 0.449 e. The number of fused-ring (bicyclic) bond motifs is 1. The van der Waals surface area contributed by atoms with Crippen LogP contribution < -0.4 is 5.32 Å². The van der Waals surface area contributed by atoms with Crippen molar-refractivity contribution < 1.29 is 14.3 Å². The van der Waals surface area contributed by atoms with Crippen LogP contribution in [-0.4, -0.2) is 27.9 Å². The molecule has 0 spiro atoms. The Morgan fingerprint density at radius 1 is 1.19 bits per heavy atom. The Labute approximate surface area is 155 Å². The molecule has 26 heavy (non-hydrogen) atoms. The van der Waals surface area contributed by atoms with Crippen LogP contribution in [0.4, 0.5) is 5.69 Å². The average molecular weight is 370 g/mol. The zero-order valence-corrected chi connectivity index (χ0v) is 14.9. The van der Waals surface area contributed by atoms with E-state index in [1.54, 1.807) is 6.07 Å². The maximum atomic E-state index is 12.5. The van der Waals surface area contributed by atoms with Crippen molar-refractivity contribution in [2.75, 3.05) is 5.32 Å². The Bertz CT molecular complexity index is 991. The number of pyridine rings is 2. The summed E-state index contributed by atoms with van der Waals surface area (Å²) >= 11 is 5.76. The Kier molecular flexibility index (Phi) is 5.14. The molecule has 1 unspecified atom stereocenters. The lowest BCUT2D eigenvalue weighted by molar-refractivity contribution is -0.123. The molecule has 0 aliphatic carbocycles. The summed E-state index contributed by atoms with van der Waals surface area (Å²) in [6.45, 7) is 3.35. The highest BCUT2D eigenvalue weighted by Crippen LogP contribution is 2.23. The standard InChI is InChI=1S/C19H16ClN3O3/c1-11-9-16(14-5-3-4-6-15(14)22-11)23-18(24)12(2)26-19(25)13-7-8-21-17(20)10-13/h3-10,12H,1-2H3,(H,22,23,24). The number of amides is 1. The molecule has 2 heterocycles. The van der Waals surface area contributed by atoms with Gasteiger partial charge in [0.2, 0.25) is 0 Å². The first kappa shape index (κ1) is 17.8. The maximum Gasteiger partial charge on any atom is 0.339 e. The number of aryl methyl sites for hydroxylation is 1. The van der Waals surface area contributed by atoms with Gasteiger partial charge in [-0.15, -0.1) is 0 Å². The third-order valence-corrected chi connectivity index (χ3v) is 3.92. The average Bonchev–Trinajstić information content (AvgIpc) is 2.61. The predicted octanol–water partition coefficient (Wildman–Crippen LogP) is 3.78. The van der Waals surface area contributed by atoms with Crippen LogP contribution in [0.15, 0.2) is 48.7 Å². The molecule has 0 aliphatic heterocycles. The summed E-state index contributed by atoms with van der Waals surface area (Å²) in [5.74, 6) is -1.08. The van der Waals surface area contributed by atoms with Crippen molar-refractivity contribution in [2.45, 2.75) is 20.0 Å². The summed E-state index contributed by atoms with van der Waals surface area (Å²) in [5, 5.41) is 3.79. The maximum absolute atomic E-state index is 12.5. The van der Waals surface area contributed by atoms with Crippen LogP contribution >= 0.6 is 11.6 Å². The Hall–Kier alpha value is -2.99. The molecule has 2 aromatic heterocycles. The van der Waals surface area contributed by atoms with Gasteiger partial charge in [0.05, 0.1) is 16.8 Å². The van der Waals surface area contributed by atoms with Gasteiger partial charge in [0.1, 0.15) is 5.15 Å². The highest BCUT2D eigenvalue weighted by atomic mass is 35.5. The number of carbonyl (C=O) groups is 2. The lowest BCUT2D eigenvalue weighted by Gasteiger charge is -2.15. The molecule has 3 rings (SSSR count). The highest BCUT2D eigenvalue weighted by Gasteiger charge is 2.20. The first-order chi connectivity index (χ1) is 12.4. The second-order valence-corrected chi connectivity index (χ2v) is 6.12. The van der Waals surface area contributed by atoms with E-state index >= 15 is 0 Å². The number of nitrogens with one attached hydrogen (secondary N) is 1. The van der Waals surface area contributed by atoms with Crippen LogP contribution in [0.3, 0.4) is 0 Å². The van der Waals surface area contributed by atoms with Crippen molar-refractivity contribution in [2.24, 2.45) is 0 Å². The number of aromatic nitrogens is 2. The highest BCUT2D eigenvalue weighted by molar-refractivity contribution is 6.29. The van der Waals surface area contributed by atoms with E-state index in [0.29, 0.717) is 5.69 Å². The summed E-state index contributed by atoms with van der Waals surface area (Å²) in [7, 11) is 0. The summed E-state index contributed by atoms with van der Waals surface area (Å²) in [6, 6.07) is 12.1. The number of benzene rings is 1. The first-order valence-electron chi connectivity index (χ1n) is 7.94. The molecule has 1 amide bonds. The molecule has 132 valence electrons. The number of rotatable bonds is 4. The predicted molar refractivity (Wildman–Crippen MR) is 99.2 cm³/mol. The smallest absolute Gasteiger partial charge is 0.339 e. The fourth-order valence-electron chi connectivity index (χ4n) is 2.46. The SMILES string of the molecule is Cc1cc(NC(=O)C(C)OC(=O)c2ccnc(Cl)c2)c2ccccc2n1. The lowest BCUT2D eigenvalue weighted by Crippen LogP contribution is -2.30. The molecule has 0 bridgehead atoms. The van der Waals surface area contributed by atoms with Gasteiger partial charge in [0, 0.05) is 17.3 Å².